The second-order valence-corrected chi connectivity index (χ2v) is 6.57. The van der Waals surface area contributed by atoms with E-state index in [0.717, 1.165) is 15.8 Å². The summed E-state index contributed by atoms with van der Waals surface area (Å²) in [6.07, 6.45) is 3.64. The molecule has 5 aromatic rings. The van der Waals surface area contributed by atoms with E-state index in [1.165, 1.54) is 18.6 Å². The summed E-state index contributed by atoms with van der Waals surface area (Å²) >= 11 is 0. The van der Waals surface area contributed by atoms with Crippen molar-refractivity contribution in [1.29, 1.82) is 0 Å². The molecule has 11 heteroatoms. The summed E-state index contributed by atoms with van der Waals surface area (Å²) in [7, 11) is 0. The summed E-state index contributed by atoms with van der Waals surface area (Å²) in [5.74, 6) is 0. The maximum Gasteiger partial charge on any atom is 0.408 e. The van der Waals surface area contributed by atoms with Crippen LogP contribution in [0.5, 0.6) is 0 Å². The van der Waals surface area contributed by atoms with Gasteiger partial charge in [-0.25, -0.2) is 14.6 Å². The van der Waals surface area contributed by atoms with Crippen LogP contribution in [0.2, 0.25) is 0 Å². The molecule has 0 radical (unpaired) electrons. The molecule has 0 bridgehead atoms. The molecule has 0 aromatic carbocycles. The molecular weight excluding hydrogens is 385 g/mol. The van der Waals surface area contributed by atoms with Gasteiger partial charge in [0.25, 0.3) is 0 Å². The zero-order chi connectivity index (χ0) is 20.0. The van der Waals surface area contributed by atoms with E-state index >= 15 is 0 Å². The van der Waals surface area contributed by atoms with E-state index in [1.54, 1.807) is 4.68 Å². The van der Waals surface area contributed by atoms with Gasteiger partial charge in [0.15, 0.2) is 5.65 Å². The van der Waals surface area contributed by atoms with Crippen molar-refractivity contribution in [2.45, 2.75) is 19.3 Å². The molecule has 8 nitrogen and oxygen atoms in total. The lowest BCUT2D eigenvalue weighted by Gasteiger charge is -2.05. The van der Waals surface area contributed by atoms with Crippen LogP contribution in [-0.4, -0.2) is 45.3 Å². The Morgan fingerprint density at radius 3 is 2.83 bits per heavy atom. The molecular formula is C18H13F3N8. The van der Waals surface area contributed by atoms with Gasteiger partial charge in [-0.3, -0.25) is 4.68 Å². The molecule has 5 aromatic heterocycles. The molecule has 0 atom stereocenters. The van der Waals surface area contributed by atoms with Crippen molar-refractivity contribution in [3.8, 4) is 11.3 Å². The lowest BCUT2D eigenvalue weighted by Crippen LogP contribution is -2.17. The average molecular weight is 398 g/mol. The molecule has 5 heterocycles. The molecule has 0 aliphatic rings. The molecule has 0 aliphatic heterocycles. The predicted molar refractivity (Wildman–Crippen MR) is 96.9 cm³/mol. The summed E-state index contributed by atoms with van der Waals surface area (Å²) in [4.78, 5) is 8.72. The van der Waals surface area contributed by atoms with Crippen molar-refractivity contribution in [2.75, 3.05) is 0 Å². The number of hydrogen-bond donors (Lipinski definition) is 0. The Kier molecular flexibility index (Phi) is 3.83. The zero-order valence-electron chi connectivity index (χ0n) is 14.8. The van der Waals surface area contributed by atoms with Crippen molar-refractivity contribution >= 4 is 16.8 Å². The van der Waals surface area contributed by atoms with E-state index in [4.69, 9.17) is 0 Å². The number of hydrogen-bond acceptors (Lipinski definition) is 5. The third-order valence-corrected chi connectivity index (χ3v) is 4.42. The quantitative estimate of drug-likeness (QED) is 0.465. The van der Waals surface area contributed by atoms with Crippen LogP contribution in [-0.2, 0) is 13.1 Å². The maximum absolute atomic E-state index is 12.5. The molecule has 0 spiro atoms. The lowest BCUT2D eigenvalue weighted by atomic mass is 10.2. The first-order valence-electron chi connectivity index (χ1n) is 8.66. The second kappa shape index (κ2) is 6.40. The molecule has 0 saturated heterocycles. The van der Waals surface area contributed by atoms with Gasteiger partial charge in [-0.1, -0.05) is 5.21 Å². The molecule has 29 heavy (non-hydrogen) atoms. The monoisotopic (exact) mass is 398 g/mol. The van der Waals surface area contributed by atoms with Crippen LogP contribution >= 0.6 is 0 Å². The molecule has 5 rings (SSSR count). The minimum Gasteiger partial charge on any atom is -0.324 e. The van der Waals surface area contributed by atoms with E-state index < -0.39 is 12.7 Å². The summed E-state index contributed by atoms with van der Waals surface area (Å²) in [6, 6.07) is 7.96. The molecule has 146 valence electrons. The van der Waals surface area contributed by atoms with Gasteiger partial charge in [-0.15, -0.1) is 5.10 Å². The summed E-state index contributed by atoms with van der Waals surface area (Å²) in [5.41, 5.74) is 3.70. The Morgan fingerprint density at radius 2 is 1.97 bits per heavy atom. The Balaban J connectivity index is 1.47. The maximum atomic E-state index is 12.5. The van der Waals surface area contributed by atoms with E-state index in [0.29, 0.717) is 29.1 Å². The lowest BCUT2D eigenvalue weighted by molar-refractivity contribution is -0.142. The number of nitrogens with zero attached hydrogens (tertiary/aromatic N) is 8. The minimum atomic E-state index is -4.34. The Morgan fingerprint density at radius 1 is 1.07 bits per heavy atom. The topological polar surface area (TPSA) is 78.7 Å². The fourth-order valence-corrected chi connectivity index (χ4v) is 3.12. The average Bonchev–Trinajstić information content (AvgIpc) is 3.40. The molecule has 0 fully saturated rings. The predicted octanol–water partition coefficient (Wildman–Crippen LogP) is 2.95. The molecule has 0 aliphatic carbocycles. The van der Waals surface area contributed by atoms with Crippen molar-refractivity contribution < 1.29 is 13.2 Å². The number of aromatic nitrogens is 8. The smallest absolute Gasteiger partial charge is 0.324 e. The Bertz CT molecular complexity index is 1310. The van der Waals surface area contributed by atoms with Crippen LogP contribution in [0.3, 0.4) is 0 Å². The van der Waals surface area contributed by atoms with E-state index in [2.05, 4.69) is 25.4 Å². The first-order chi connectivity index (χ1) is 13.9. The molecule has 0 saturated carbocycles. The second-order valence-electron chi connectivity index (χ2n) is 6.57. The van der Waals surface area contributed by atoms with Gasteiger partial charge in [0.2, 0.25) is 5.65 Å². The largest absolute Gasteiger partial charge is 0.408 e. The number of fused-ring (bicyclic) bond motifs is 2. The van der Waals surface area contributed by atoms with Gasteiger partial charge in [0.1, 0.15) is 6.54 Å². The van der Waals surface area contributed by atoms with Crippen LogP contribution in [0.15, 0.2) is 55.2 Å². The number of rotatable bonds is 4. The third-order valence-electron chi connectivity index (χ3n) is 4.42. The fourth-order valence-electron chi connectivity index (χ4n) is 3.12. The van der Waals surface area contributed by atoms with Crippen LogP contribution in [0, 0.1) is 0 Å². The van der Waals surface area contributed by atoms with Crippen LogP contribution in [0.4, 0.5) is 13.2 Å². The summed E-state index contributed by atoms with van der Waals surface area (Å²) in [5, 5.41) is 11.9. The third kappa shape index (κ3) is 3.42. The van der Waals surface area contributed by atoms with E-state index in [-0.39, 0.29) is 0 Å². The van der Waals surface area contributed by atoms with Crippen molar-refractivity contribution in [3.05, 3.63) is 60.8 Å². The van der Waals surface area contributed by atoms with Gasteiger partial charge in [-0.2, -0.15) is 18.3 Å². The van der Waals surface area contributed by atoms with Gasteiger partial charge in [-0.05, 0) is 29.8 Å². The van der Waals surface area contributed by atoms with Gasteiger partial charge < -0.3 is 4.40 Å². The highest BCUT2D eigenvalue weighted by Crippen LogP contribution is 2.21. The Labute approximate surface area is 161 Å². The van der Waals surface area contributed by atoms with E-state index in [1.807, 2.05) is 41.1 Å². The SMILES string of the molecule is FC(F)(F)Cn1cc(-c2cnc3nnn(Cc4ccn5cccc5c4)c3n2)cn1. The normalized spacial score (nSPS) is 12.2. The number of alkyl halides is 3. The van der Waals surface area contributed by atoms with E-state index in [9.17, 15) is 13.2 Å². The molecule has 0 N–H and O–H groups in total. The molecule has 0 unspecified atom stereocenters. The highest BCUT2D eigenvalue weighted by molar-refractivity contribution is 5.69. The van der Waals surface area contributed by atoms with Gasteiger partial charge in [0.05, 0.1) is 24.6 Å². The summed E-state index contributed by atoms with van der Waals surface area (Å²) in [6.45, 7) is -0.728. The zero-order valence-corrected chi connectivity index (χ0v) is 14.8. The van der Waals surface area contributed by atoms with Crippen LogP contribution in [0.25, 0.3) is 28.1 Å². The van der Waals surface area contributed by atoms with Crippen LogP contribution < -0.4 is 0 Å². The Hall–Kier alpha value is -3.76. The standard InChI is InChI=1S/C18H13F3N8/c19-18(20,21)11-28-10-13(7-23-28)15-8-22-16-17(24-15)29(26-25-16)9-12-3-5-27-4-1-2-14(27)6-12/h1-8,10H,9,11H2. The van der Waals surface area contributed by atoms with Gasteiger partial charge >= 0.3 is 6.18 Å². The van der Waals surface area contributed by atoms with Gasteiger partial charge in [0, 0.05) is 29.7 Å². The van der Waals surface area contributed by atoms with Crippen molar-refractivity contribution in [1.82, 2.24) is 39.1 Å². The number of pyridine rings is 1. The highest BCUT2D eigenvalue weighted by Gasteiger charge is 2.28. The van der Waals surface area contributed by atoms with Crippen LogP contribution in [0.1, 0.15) is 5.56 Å². The van der Waals surface area contributed by atoms with Crippen molar-refractivity contribution in [3.63, 3.8) is 0 Å². The fraction of sp³-hybridized carbons (Fsp3) is 0.167. The minimum absolute atomic E-state index is 0.361. The van der Waals surface area contributed by atoms with Crippen molar-refractivity contribution in [2.24, 2.45) is 0 Å². The first-order valence-corrected chi connectivity index (χ1v) is 8.66. The first kappa shape index (κ1) is 17.3. The summed E-state index contributed by atoms with van der Waals surface area (Å²) < 4.78 is 42.1. The molecule has 0 amide bonds. The number of halogens is 3. The highest BCUT2D eigenvalue weighted by atomic mass is 19.4.